The van der Waals surface area contributed by atoms with Gasteiger partial charge in [-0.1, -0.05) is 24.3 Å². The second-order valence-corrected chi connectivity index (χ2v) is 7.29. The van der Waals surface area contributed by atoms with Gasteiger partial charge in [-0.2, -0.15) is 0 Å². The van der Waals surface area contributed by atoms with E-state index in [9.17, 15) is 4.79 Å². The normalized spacial score (nSPS) is 20.0. The van der Waals surface area contributed by atoms with E-state index in [0.717, 1.165) is 18.8 Å². The van der Waals surface area contributed by atoms with Gasteiger partial charge < -0.3 is 9.52 Å². The first-order valence-electron chi connectivity index (χ1n) is 8.75. The van der Waals surface area contributed by atoms with Crippen LogP contribution in [0.25, 0.3) is 0 Å². The Kier molecular flexibility index (Phi) is 3.93. The fourth-order valence-electron chi connectivity index (χ4n) is 4.28. The van der Waals surface area contributed by atoms with Crippen LogP contribution in [0.5, 0.6) is 0 Å². The number of nitrogens with zero attached hydrogens (tertiary/aromatic N) is 1. The number of aryl methyl sites for hydroxylation is 1. The van der Waals surface area contributed by atoms with Crippen LogP contribution in [0.3, 0.4) is 0 Å². The molecule has 1 aromatic carbocycles. The predicted molar refractivity (Wildman–Crippen MR) is 91.1 cm³/mol. The maximum atomic E-state index is 10.9. The van der Waals surface area contributed by atoms with Crippen LogP contribution < -0.4 is 0 Å². The van der Waals surface area contributed by atoms with E-state index in [1.807, 2.05) is 0 Å². The molecule has 1 aliphatic heterocycles. The van der Waals surface area contributed by atoms with Crippen molar-refractivity contribution >= 4 is 5.97 Å². The van der Waals surface area contributed by atoms with Gasteiger partial charge in [0.1, 0.15) is 5.76 Å². The van der Waals surface area contributed by atoms with Crippen molar-refractivity contribution in [3.8, 4) is 0 Å². The molecule has 0 amide bonds. The van der Waals surface area contributed by atoms with Crippen molar-refractivity contribution in [2.75, 3.05) is 13.1 Å². The zero-order chi connectivity index (χ0) is 16.6. The Bertz CT molecular complexity index is 741. The molecule has 4 rings (SSSR count). The standard InChI is InChI=1S/C20H23NO3/c22-19(23)18-6-5-17(24-18)14-21-11-9-20(10-12-21)8-7-15-3-1-2-4-16(15)13-20/h1-6H,7-14H2,(H,22,23). The Hall–Kier alpha value is -2.07. The molecule has 1 fully saturated rings. The minimum atomic E-state index is -1.00. The van der Waals surface area contributed by atoms with E-state index >= 15 is 0 Å². The molecule has 2 aliphatic rings. The molecule has 1 spiro atoms. The number of furan rings is 1. The third-order valence-electron chi connectivity index (χ3n) is 5.78. The third-order valence-corrected chi connectivity index (χ3v) is 5.78. The smallest absolute Gasteiger partial charge is 0.371 e. The highest BCUT2D eigenvalue weighted by Crippen LogP contribution is 2.43. The van der Waals surface area contributed by atoms with Crippen LogP contribution >= 0.6 is 0 Å². The Morgan fingerprint density at radius 3 is 2.54 bits per heavy atom. The fraction of sp³-hybridized carbons (Fsp3) is 0.450. The van der Waals surface area contributed by atoms with Crippen LogP contribution in [-0.4, -0.2) is 29.1 Å². The summed E-state index contributed by atoms with van der Waals surface area (Å²) in [6, 6.07) is 12.2. The van der Waals surface area contributed by atoms with Gasteiger partial charge in [0.15, 0.2) is 0 Å². The molecule has 1 aliphatic carbocycles. The first kappa shape index (κ1) is 15.5. The van der Waals surface area contributed by atoms with E-state index in [0.29, 0.717) is 12.0 Å². The van der Waals surface area contributed by atoms with Crippen molar-refractivity contribution in [2.45, 2.75) is 38.6 Å². The van der Waals surface area contributed by atoms with Crippen molar-refractivity contribution < 1.29 is 14.3 Å². The van der Waals surface area contributed by atoms with Gasteiger partial charge in [0.2, 0.25) is 5.76 Å². The highest BCUT2D eigenvalue weighted by molar-refractivity contribution is 5.84. The molecule has 1 aromatic heterocycles. The van der Waals surface area contributed by atoms with Crippen LogP contribution in [0.1, 0.15) is 46.7 Å². The van der Waals surface area contributed by atoms with Gasteiger partial charge in [-0.15, -0.1) is 0 Å². The van der Waals surface area contributed by atoms with Gasteiger partial charge in [0.25, 0.3) is 0 Å². The molecule has 0 radical (unpaired) electrons. The van der Waals surface area contributed by atoms with Gasteiger partial charge in [-0.05, 0) is 73.9 Å². The number of fused-ring (bicyclic) bond motifs is 1. The fourth-order valence-corrected chi connectivity index (χ4v) is 4.28. The zero-order valence-corrected chi connectivity index (χ0v) is 13.8. The first-order valence-corrected chi connectivity index (χ1v) is 8.75. The van der Waals surface area contributed by atoms with E-state index in [1.54, 1.807) is 12.1 Å². The number of carboxylic acids is 1. The Morgan fingerprint density at radius 1 is 1.08 bits per heavy atom. The lowest BCUT2D eigenvalue weighted by Crippen LogP contribution is -2.42. The van der Waals surface area contributed by atoms with Crippen molar-refractivity contribution in [1.82, 2.24) is 4.90 Å². The number of rotatable bonds is 3. The zero-order valence-electron chi connectivity index (χ0n) is 13.8. The summed E-state index contributed by atoms with van der Waals surface area (Å²) in [6.07, 6.45) is 6.14. The Labute approximate surface area is 142 Å². The van der Waals surface area contributed by atoms with Crippen molar-refractivity contribution in [3.05, 3.63) is 59.0 Å². The predicted octanol–water partition coefficient (Wildman–Crippen LogP) is 3.75. The van der Waals surface area contributed by atoms with Gasteiger partial charge >= 0.3 is 5.97 Å². The highest BCUT2D eigenvalue weighted by atomic mass is 16.4. The maximum Gasteiger partial charge on any atom is 0.371 e. The SMILES string of the molecule is O=C(O)c1ccc(CN2CCC3(CCc4ccccc4C3)CC2)o1. The molecule has 1 N–H and O–H groups in total. The second-order valence-electron chi connectivity index (χ2n) is 7.29. The van der Waals surface area contributed by atoms with Crippen molar-refractivity contribution in [2.24, 2.45) is 5.41 Å². The first-order chi connectivity index (χ1) is 11.6. The summed E-state index contributed by atoms with van der Waals surface area (Å²) in [5.74, 6) is -0.223. The number of aromatic carboxylic acids is 1. The molecule has 2 heterocycles. The molecule has 1 saturated heterocycles. The van der Waals surface area contributed by atoms with Gasteiger partial charge in [-0.3, -0.25) is 4.90 Å². The van der Waals surface area contributed by atoms with Crippen LogP contribution in [0.15, 0.2) is 40.8 Å². The van der Waals surface area contributed by atoms with Crippen LogP contribution in [-0.2, 0) is 19.4 Å². The summed E-state index contributed by atoms with van der Waals surface area (Å²) < 4.78 is 5.39. The lowest BCUT2D eigenvalue weighted by Gasteiger charge is -2.44. The minimum Gasteiger partial charge on any atom is -0.475 e. The molecule has 0 unspecified atom stereocenters. The van der Waals surface area contributed by atoms with Crippen molar-refractivity contribution in [3.63, 3.8) is 0 Å². The number of likely N-dealkylation sites (tertiary alicyclic amines) is 1. The van der Waals surface area contributed by atoms with E-state index in [-0.39, 0.29) is 5.76 Å². The third kappa shape index (κ3) is 2.98. The van der Waals surface area contributed by atoms with Gasteiger partial charge in [0, 0.05) is 0 Å². The highest BCUT2D eigenvalue weighted by Gasteiger charge is 2.37. The molecule has 2 aromatic rings. The van der Waals surface area contributed by atoms with Gasteiger partial charge in [-0.25, -0.2) is 4.79 Å². The van der Waals surface area contributed by atoms with Gasteiger partial charge in [0.05, 0.1) is 6.54 Å². The van der Waals surface area contributed by atoms with Crippen LogP contribution in [0.4, 0.5) is 0 Å². The molecule has 126 valence electrons. The summed E-state index contributed by atoms with van der Waals surface area (Å²) in [5, 5.41) is 8.94. The number of piperidine rings is 1. The topological polar surface area (TPSA) is 53.7 Å². The minimum absolute atomic E-state index is 0.0300. The Balaban J connectivity index is 1.37. The molecule has 0 saturated carbocycles. The van der Waals surface area contributed by atoms with E-state index < -0.39 is 5.97 Å². The molecule has 4 nitrogen and oxygen atoms in total. The second kappa shape index (κ2) is 6.10. The number of carboxylic acid groups (broad SMARTS) is 1. The maximum absolute atomic E-state index is 10.9. The molecule has 0 bridgehead atoms. The lowest BCUT2D eigenvalue weighted by molar-refractivity contribution is 0.0648. The number of benzene rings is 1. The largest absolute Gasteiger partial charge is 0.475 e. The summed E-state index contributed by atoms with van der Waals surface area (Å²) in [5.41, 5.74) is 3.52. The summed E-state index contributed by atoms with van der Waals surface area (Å²) in [4.78, 5) is 13.3. The number of hydrogen-bond donors (Lipinski definition) is 1. The van der Waals surface area contributed by atoms with Crippen molar-refractivity contribution in [1.29, 1.82) is 0 Å². The summed E-state index contributed by atoms with van der Waals surface area (Å²) >= 11 is 0. The molecular formula is C20H23NO3. The van der Waals surface area contributed by atoms with E-state index in [2.05, 4.69) is 29.2 Å². The number of hydrogen-bond acceptors (Lipinski definition) is 3. The van der Waals surface area contributed by atoms with Crippen LogP contribution in [0.2, 0.25) is 0 Å². The summed E-state index contributed by atoms with van der Waals surface area (Å²) in [7, 11) is 0. The van der Waals surface area contributed by atoms with E-state index in [1.165, 1.54) is 43.2 Å². The monoisotopic (exact) mass is 325 g/mol. The Morgan fingerprint density at radius 2 is 1.83 bits per heavy atom. The summed E-state index contributed by atoms with van der Waals surface area (Å²) in [6.45, 7) is 2.83. The number of carbonyl (C=O) groups is 1. The van der Waals surface area contributed by atoms with Crippen LogP contribution in [0, 0.1) is 5.41 Å². The lowest BCUT2D eigenvalue weighted by atomic mass is 9.66. The molecular weight excluding hydrogens is 302 g/mol. The molecule has 4 heteroatoms. The average molecular weight is 325 g/mol. The van der Waals surface area contributed by atoms with E-state index in [4.69, 9.17) is 9.52 Å². The quantitative estimate of drug-likeness (QED) is 0.934. The average Bonchev–Trinajstić information content (AvgIpc) is 3.06. The molecule has 0 atom stereocenters. The molecule has 24 heavy (non-hydrogen) atoms.